The number of hydrogen-bond acceptors (Lipinski definition) is 6. The van der Waals surface area contributed by atoms with Crippen molar-refractivity contribution in [2.24, 2.45) is 30.5 Å². The number of aromatic nitrogens is 4. The van der Waals surface area contributed by atoms with Crippen LogP contribution in [0.3, 0.4) is 0 Å². The molecule has 9 rings (SSSR count). The van der Waals surface area contributed by atoms with Crippen LogP contribution >= 0.6 is 0 Å². The summed E-state index contributed by atoms with van der Waals surface area (Å²) in [7, 11) is 3.36. The molecule has 4 aromatic rings. The SMILES string of the molecule is COc1cc(C(=O)N2C[C@H]3C[C@@H]2[C@@H]3N)cc2nc(-c3cc4ccc5nc4n3CC(F)(F)CCC[C@@H]3C[C@H]3C(=O)N[C@@H]5C)n(C)c12. The molecule has 3 N–H and O–H groups in total. The summed E-state index contributed by atoms with van der Waals surface area (Å²) in [5.41, 5.74) is 9.37. The maximum absolute atomic E-state index is 15.7. The predicted molar refractivity (Wildman–Crippen MR) is 164 cm³/mol. The first-order valence-electron chi connectivity index (χ1n) is 15.8. The highest BCUT2D eigenvalue weighted by atomic mass is 19.3. The lowest BCUT2D eigenvalue weighted by molar-refractivity contribution is -0.123. The van der Waals surface area contributed by atoms with Crippen LogP contribution in [0.25, 0.3) is 33.6 Å². The molecule has 3 aliphatic heterocycles. The molecular formula is C33H37F2N7O3. The van der Waals surface area contributed by atoms with Crippen molar-refractivity contribution in [1.29, 1.82) is 0 Å². The molecule has 6 heterocycles. The Morgan fingerprint density at radius 3 is 2.71 bits per heavy atom. The molecule has 12 heteroatoms. The Kier molecular flexibility index (Phi) is 6.30. The predicted octanol–water partition coefficient (Wildman–Crippen LogP) is 4.40. The number of hydrogen-bond donors (Lipinski definition) is 2. The zero-order valence-corrected chi connectivity index (χ0v) is 25.6. The number of pyridine rings is 1. The number of benzene rings is 1. The van der Waals surface area contributed by atoms with Gasteiger partial charge in [-0.25, -0.2) is 18.7 Å². The number of aryl methyl sites for hydroxylation is 1. The highest BCUT2D eigenvalue weighted by Crippen LogP contribution is 2.45. The highest BCUT2D eigenvalue weighted by Gasteiger charge is 2.52. The number of amides is 2. The molecule has 4 bridgehead atoms. The fourth-order valence-electron chi connectivity index (χ4n) is 7.82. The lowest BCUT2D eigenvalue weighted by atomic mass is 9.81. The van der Waals surface area contributed by atoms with Gasteiger partial charge >= 0.3 is 0 Å². The van der Waals surface area contributed by atoms with Crippen LogP contribution in [0.5, 0.6) is 5.75 Å². The Labute approximate surface area is 258 Å². The molecule has 0 spiro atoms. The second-order valence-corrected chi connectivity index (χ2v) is 13.5. The van der Waals surface area contributed by atoms with Crippen molar-refractivity contribution >= 4 is 33.9 Å². The minimum atomic E-state index is -3.00. The van der Waals surface area contributed by atoms with Crippen LogP contribution in [-0.2, 0) is 18.4 Å². The van der Waals surface area contributed by atoms with Gasteiger partial charge in [-0.05, 0) is 74.8 Å². The molecule has 0 unspecified atom stereocenters. The number of carbonyl (C=O) groups excluding carboxylic acids is 2. The number of nitrogens with one attached hydrogen (secondary N) is 1. The molecule has 2 saturated heterocycles. The van der Waals surface area contributed by atoms with Crippen molar-refractivity contribution in [2.75, 3.05) is 13.7 Å². The van der Waals surface area contributed by atoms with Crippen LogP contribution in [0, 0.1) is 17.8 Å². The molecule has 4 fully saturated rings. The van der Waals surface area contributed by atoms with Crippen LogP contribution in [0.15, 0.2) is 30.3 Å². The summed E-state index contributed by atoms with van der Waals surface area (Å²) in [6.07, 6.45) is 2.34. The first-order valence-corrected chi connectivity index (χ1v) is 15.8. The normalized spacial score (nSPS) is 28.9. The van der Waals surface area contributed by atoms with Gasteiger partial charge in [-0.3, -0.25) is 9.59 Å². The van der Waals surface area contributed by atoms with E-state index in [9.17, 15) is 9.59 Å². The summed E-state index contributed by atoms with van der Waals surface area (Å²) >= 11 is 0. The quantitative estimate of drug-likeness (QED) is 0.352. The standard InChI is InChI=1S/C33H37F2N7O3/c1-16-22-7-6-18-11-25(42(29(18)38-22)15-33(34,35)8-4-5-17-9-21(17)31(43)37-16)30-39-23-10-19(13-26(45-3)28(23)40(30)2)32(44)41-14-20-12-24(41)27(20)36/h6-7,10-11,13,16-17,20-21,24,27H,4-5,8-9,12,14-15,36H2,1-3H3,(H,37,43)/t16-,17-,20-,21-,24-,27-/m1/s1. The van der Waals surface area contributed by atoms with E-state index >= 15 is 8.78 Å². The van der Waals surface area contributed by atoms with Crippen molar-refractivity contribution in [3.8, 4) is 17.3 Å². The van der Waals surface area contributed by atoms with E-state index in [-0.39, 0.29) is 48.2 Å². The first-order chi connectivity index (χ1) is 21.5. The van der Waals surface area contributed by atoms with Gasteiger partial charge in [0.05, 0.1) is 36.6 Å². The van der Waals surface area contributed by atoms with Gasteiger partial charge in [0, 0.05) is 49.0 Å². The molecule has 2 amide bonds. The van der Waals surface area contributed by atoms with Crippen molar-refractivity contribution < 1.29 is 23.1 Å². The Hall–Kier alpha value is -4.06. The third-order valence-corrected chi connectivity index (χ3v) is 10.6. The summed E-state index contributed by atoms with van der Waals surface area (Å²) in [6.45, 7) is 1.96. The number of halogens is 2. The van der Waals surface area contributed by atoms with Crippen LogP contribution in [0.1, 0.15) is 61.1 Å². The largest absolute Gasteiger partial charge is 0.494 e. The Morgan fingerprint density at radius 1 is 1.16 bits per heavy atom. The number of imidazole rings is 1. The van der Waals surface area contributed by atoms with E-state index in [0.717, 1.165) is 12.8 Å². The van der Waals surface area contributed by atoms with Crippen LogP contribution in [0.4, 0.5) is 8.78 Å². The Bertz CT molecular complexity index is 1880. The molecule has 5 aliphatic rings. The molecule has 10 nitrogen and oxygen atoms in total. The average Bonchev–Trinajstić information content (AvgIpc) is 3.27. The number of rotatable bonds is 3. The van der Waals surface area contributed by atoms with E-state index in [1.54, 1.807) is 23.8 Å². The summed E-state index contributed by atoms with van der Waals surface area (Å²) in [5, 5.41) is 3.77. The maximum Gasteiger partial charge on any atom is 0.265 e. The van der Waals surface area contributed by atoms with Gasteiger partial charge in [-0.15, -0.1) is 0 Å². The molecule has 6 atom stereocenters. The highest BCUT2D eigenvalue weighted by molar-refractivity contribution is 6.00. The van der Waals surface area contributed by atoms with Gasteiger partial charge < -0.3 is 29.8 Å². The van der Waals surface area contributed by atoms with E-state index in [2.05, 4.69) is 5.32 Å². The average molecular weight is 618 g/mol. The fraction of sp³-hybridized carbons (Fsp3) is 0.515. The van der Waals surface area contributed by atoms with Crippen LogP contribution < -0.4 is 15.8 Å². The third-order valence-electron chi connectivity index (χ3n) is 10.6. The molecule has 0 radical (unpaired) electrons. The number of nitrogens with zero attached hydrogens (tertiary/aromatic N) is 5. The van der Waals surface area contributed by atoms with Crippen molar-refractivity contribution in [3.63, 3.8) is 0 Å². The van der Waals surface area contributed by atoms with Gasteiger partial charge in [0.2, 0.25) is 5.91 Å². The van der Waals surface area contributed by atoms with Gasteiger partial charge in [-0.1, -0.05) is 0 Å². The molecular weight excluding hydrogens is 580 g/mol. The molecule has 2 aliphatic carbocycles. The molecule has 45 heavy (non-hydrogen) atoms. The van der Waals surface area contributed by atoms with E-state index in [1.807, 2.05) is 41.6 Å². The van der Waals surface area contributed by atoms with Gasteiger partial charge in [0.25, 0.3) is 11.8 Å². The Morgan fingerprint density at radius 2 is 1.98 bits per heavy atom. The topological polar surface area (TPSA) is 120 Å². The third kappa shape index (κ3) is 4.51. The number of methoxy groups -OCH3 is 1. The zero-order chi connectivity index (χ0) is 31.4. The summed E-state index contributed by atoms with van der Waals surface area (Å²) in [4.78, 5) is 38.0. The molecule has 2 saturated carbocycles. The molecule has 3 aromatic heterocycles. The lowest BCUT2D eigenvalue weighted by Crippen LogP contribution is -2.50. The second-order valence-electron chi connectivity index (χ2n) is 13.5. The van der Waals surface area contributed by atoms with E-state index in [0.29, 0.717) is 75.9 Å². The van der Waals surface area contributed by atoms with E-state index in [4.69, 9.17) is 20.4 Å². The fourth-order valence-corrected chi connectivity index (χ4v) is 7.82. The van der Waals surface area contributed by atoms with Gasteiger partial charge in [0.15, 0.2) is 5.82 Å². The van der Waals surface area contributed by atoms with Gasteiger partial charge in [-0.2, -0.15) is 0 Å². The minimum absolute atomic E-state index is 0.0166. The van der Waals surface area contributed by atoms with Crippen molar-refractivity contribution in [1.82, 2.24) is 29.3 Å². The van der Waals surface area contributed by atoms with Gasteiger partial charge in [0.1, 0.15) is 16.9 Å². The number of nitrogens with two attached hydrogens (primary N) is 1. The van der Waals surface area contributed by atoms with E-state index < -0.39 is 12.5 Å². The summed E-state index contributed by atoms with van der Waals surface area (Å²) < 4.78 is 40.5. The number of carbonyl (C=O) groups is 2. The number of ether oxygens (including phenoxy) is 1. The first kappa shape index (κ1) is 28.4. The lowest BCUT2D eigenvalue weighted by Gasteiger charge is -2.33. The maximum atomic E-state index is 15.7. The smallest absolute Gasteiger partial charge is 0.265 e. The number of fused-ring (bicyclic) bond motifs is 4. The second kappa shape index (κ2) is 9.97. The monoisotopic (exact) mass is 617 g/mol. The number of alkyl halides is 2. The molecule has 1 aromatic carbocycles. The Balaban J connectivity index is 1.24. The van der Waals surface area contributed by atoms with Crippen molar-refractivity contribution in [3.05, 3.63) is 41.6 Å². The summed E-state index contributed by atoms with van der Waals surface area (Å²) in [5.74, 6) is -1.83. The zero-order valence-electron chi connectivity index (χ0n) is 25.6. The van der Waals surface area contributed by atoms with Crippen LogP contribution in [-0.4, -0.2) is 67.5 Å². The summed E-state index contributed by atoms with van der Waals surface area (Å²) in [6, 6.07) is 8.69. The minimum Gasteiger partial charge on any atom is -0.494 e. The van der Waals surface area contributed by atoms with Crippen molar-refractivity contribution in [2.45, 2.75) is 69.6 Å². The van der Waals surface area contributed by atoms with Crippen LogP contribution in [0.2, 0.25) is 0 Å². The van der Waals surface area contributed by atoms with E-state index in [1.165, 1.54) is 0 Å². The molecule has 236 valence electrons.